The fraction of sp³-hybridized carbons (Fsp3) is 0.562. The number of fused-ring (bicyclic) bond motifs is 1. The standard InChI is InChI=1S/C16H20O4/c1-4-5-11-7-6-10(2)14-12(17)8-9-13(18)16(11,14)15(19)20-3/h6-11,14H,4-5H2,1-3H3/t10-,11+,14+,16+/m0/s1. The predicted octanol–water partition coefficient (Wildman–Crippen LogP) is 2.09. The number of allylic oxidation sites excluding steroid dienone is 4. The van der Waals surface area contributed by atoms with Gasteiger partial charge in [0.2, 0.25) is 0 Å². The van der Waals surface area contributed by atoms with Crippen molar-refractivity contribution in [3.05, 3.63) is 24.3 Å². The average Bonchev–Trinajstić information content (AvgIpc) is 2.44. The molecule has 0 aromatic carbocycles. The Hall–Kier alpha value is -1.71. The molecule has 4 heteroatoms. The third kappa shape index (κ3) is 1.86. The molecule has 0 aliphatic heterocycles. The van der Waals surface area contributed by atoms with E-state index < -0.39 is 17.3 Å². The summed E-state index contributed by atoms with van der Waals surface area (Å²) in [4.78, 5) is 37.3. The van der Waals surface area contributed by atoms with Gasteiger partial charge in [-0.3, -0.25) is 14.4 Å². The number of methoxy groups -OCH3 is 1. The molecule has 2 rings (SSSR count). The molecule has 0 heterocycles. The van der Waals surface area contributed by atoms with Gasteiger partial charge in [0.05, 0.1) is 13.0 Å². The van der Waals surface area contributed by atoms with Crippen molar-refractivity contribution >= 4 is 17.5 Å². The maximum atomic E-state index is 12.6. The summed E-state index contributed by atoms with van der Waals surface area (Å²) in [6, 6.07) is 0. The lowest BCUT2D eigenvalue weighted by atomic mass is 9.53. The van der Waals surface area contributed by atoms with Crippen LogP contribution in [0.2, 0.25) is 0 Å². The second-order valence-electron chi connectivity index (χ2n) is 5.58. The van der Waals surface area contributed by atoms with Crippen molar-refractivity contribution in [3.63, 3.8) is 0 Å². The van der Waals surface area contributed by atoms with Crippen LogP contribution in [-0.2, 0) is 19.1 Å². The molecule has 20 heavy (non-hydrogen) atoms. The van der Waals surface area contributed by atoms with Crippen molar-refractivity contribution in [1.29, 1.82) is 0 Å². The molecule has 0 saturated heterocycles. The molecule has 4 nitrogen and oxygen atoms in total. The van der Waals surface area contributed by atoms with Crippen molar-refractivity contribution in [2.45, 2.75) is 26.7 Å². The summed E-state index contributed by atoms with van der Waals surface area (Å²) in [7, 11) is 1.27. The molecule has 108 valence electrons. The van der Waals surface area contributed by atoms with Crippen molar-refractivity contribution in [1.82, 2.24) is 0 Å². The number of ether oxygens (including phenoxy) is 1. The van der Waals surface area contributed by atoms with E-state index in [0.29, 0.717) is 6.42 Å². The van der Waals surface area contributed by atoms with Crippen LogP contribution in [0.15, 0.2) is 24.3 Å². The molecule has 4 atom stereocenters. The van der Waals surface area contributed by atoms with E-state index in [1.165, 1.54) is 19.3 Å². The summed E-state index contributed by atoms with van der Waals surface area (Å²) in [5, 5.41) is 0. The summed E-state index contributed by atoms with van der Waals surface area (Å²) in [5.74, 6) is -2.11. The van der Waals surface area contributed by atoms with Gasteiger partial charge in [-0.15, -0.1) is 0 Å². The van der Waals surface area contributed by atoms with Gasteiger partial charge in [-0.1, -0.05) is 32.4 Å². The molecular formula is C16H20O4. The minimum Gasteiger partial charge on any atom is -0.468 e. The number of carbonyl (C=O) groups is 3. The first-order valence-electron chi connectivity index (χ1n) is 7.03. The monoisotopic (exact) mass is 276 g/mol. The number of hydrogen-bond donors (Lipinski definition) is 0. The summed E-state index contributed by atoms with van der Waals surface area (Å²) in [5.41, 5.74) is -1.37. The summed E-state index contributed by atoms with van der Waals surface area (Å²) in [6.45, 7) is 3.86. The Bertz CT molecular complexity index is 503. The van der Waals surface area contributed by atoms with Crippen LogP contribution in [0.5, 0.6) is 0 Å². The fourth-order valence-electron chi connectivity index (χ4n) is 3.62. The lowest BCUT2D eigenvalue weighted by Gasteiger charge is -2.46. The van der Waals surface area contributed by atoms with Gasteiger partial charge >= 0.3 is 5.97 Å². The molecule has 2 aliphatic carbocycles. The van der Waals surface area contributed by atoms with Crippen molar-refractivity contribution < 1.29 is 19.1 Å². The largest absolute Gasteiger partial charge is 0.468 e. The highest BCUT2D eigenvalue weighted by molar-refractivity contribution is 6.19. The van der Waals surface area contributed by atoms with E-state index in [0.717, 1.165) is 6.42 Å². The smallest absolute Gasteiger partial charge is 0.321 e. The van der Waals surface area contributed by atoms with E-state index in [1.807, 2.05) is 26.0 Å². The highest BCUT2D eigenvalue weighted by Gasteiger charge is 2.62. The fourth-order valence-corrected chi connectivity index (χ4v) is 3.62. The Morgan fingerprint density at radius 3 is 2.60 bits per heavy atom. The first-order valence-corrected chi connectivity index (χ1v) is 7.03. The van der Waals surface area contributed by atoms with E-state index in [2.05, 4.69) is 0 Å². The van der Waals surface area contributed by atoms with Crippen LogP contribution in [-0.4, -0.2) is 24.6 Å². The molecule has 0 bridgehead atoms. The summed E-state index contributed by atoms with van der Waals surface area (Å²) >= 11 is 0. The first kappa shape index (κ1) is 14.7. The number of hydrogen-bond acceptors (Lipinski definition) is 4. The van der Waals surface area contributed by atoms with Gasteiger partial charge in [-0.2, -0.15) is 0 Å². The van der Waals surface area contributed by atoms with Gasteiger partial charge in [-0.05, 0) is 24.5 Å². The van der Waals surface area contributed by atoms with Crippen LogP contribution in [0.3, 0.4) is 0 Å². The third-order valence-corrected chi connectivity index (χ3v) is 4.48. The Morgan fingerprint density at radius 1 is 1.30 bits per heavy atom. The van der Waals surface area contributed by atoms with Crippen LogP contribution in [0, 0.1) is 23.2 Å². The highest BCUT2D eigenvalue weighted by Crippen LogP contribution is 2.50. The van der Waals surface area contributed by atoms with Gasteiger partial charge in [0.25, 0.3) is 0 Å². The van der Waals surface area contributed by atoms with Crippen LogP contribution >= 0.6 is 0 Å². The third-order valence-electron chi connectivity index (χ3n) is 4.48. The molecule has 0 unspecified atom stereocenters. The Labute approximate surface area is 118 Å². The average molecular weight is 276 g/mol. The number of carbonyl (C=O) groups excluding carboxylic acids is 3. The van der Waals surface area contributed by atoms with E-state index >= 15 is 0 Å². The maximum Gasteiger partial charge on any atom is 0.321 e. The Balaban J connectivity index is 2.66. The van der Waals surface area contributed by atoms with Gasteiger partial charge in [-0.25, -0.2) is 0 Å². The minimum atomic E-state index is -1.37. The predicted molar refractivity (Wildman–Crippen MR) is 73.8 cm³/mol. The molecule has 2 aliphatic rings. The maximum absolute atomic E-state index is 12.6. The number of rotatable bonds is 3. The van der Waals surface area contributed by atoms with Crippen molar-refractivity contribution in [2.24, 2.45) is 23.2 Å². The van der Waals surface area contributed by atoms with Crippen LogP contribution in [0.25, 0.3) is 0 Å². The van der Waals surface area contributed by atoms with E-state index in [1.54, 1.807) is 0 Å². The van der Waals surface area contributed by atoms with Gasteiger partial charge in [0.15, 0.2) is 11.6 Å². The molecule has 0 saturated carbocycles. The topological polar surface area (TPSA) is 60.4 Å². The molecule has 0 aromatic rings. The zero-order valence-corrected chi connectivity index (χ0v) is 12.1. The molecule has 0 aromatic heterocycles. The molecule has 0 fully saturated rings. The zero-order chi connectivity index (χ0) is 14.9. The lowest BCUT2D eigenvalue weighted by Crippen LogP contribution is -2.58. The van der Waals surface area contributed by atoms with Gasteiger partial charge in [0, 0.05) is 5.92 Å². The molecule has 0 radical (unpaired) electrons. The number of ketones is 2. The number of esters is 1. The zero-order valence-electron chi connectivity index (χ0n) is 12.1. The molecule has 0 spiro atoms. The van der Waals surface area contributed by atoms with Crippen molar-refractivity contribution in [3.8, 4) is 0 Å². The second-order valence-corrected chi connectivity index (χ2v) is 5.58. The van der Waals surface area contributed by atoms with Crippen LogP contribution < -0.4 is 0 Å². The highest BCUT2D eigenvalue weighted by atomic mass is 16.5. The normalized spacial score (nSPS) is 35.9. The SMILES string of the molecule is CCC[C@@H]1C=C[C@H](C)[C@@H]2C(=O)C=CC(=O)[C@]12C(=O)OC. The van der Waals surface area contributed by atoms with E-state index in [4.69, 9.17) is 4.74 Å². The van der Waals surface area contributed by atoms with Crippen LogP contribution in [0.4, 0.5) is 0 Å². The molecular weight excluding hydrogens is 256 g/mol. The Morgan fingerprint density at radius 2 is 2.00 bits per heavy atom. The minimum absolute atomic E-state index is 0.149. The molecule has 0 amide bonds. The van der Waals surface area contributed by atoms with Gasteiger partial charge < -0.3 is 4.74 Å². The van der Waals surface area contributed by atoms with Crippen LogP contribution in [0.1, 0.15) is 26.7 Å². The van der Waals surface area contributed by atoms with E-state index in [-0.39, 0.29) is 23.4 Å². The van der Waals surface area contributed by atoms with E-state index in [9.17, 15) is 14.4 Å². The Kier molecular flexibility index (Phi) is 3.93. The second kappa shape index (κ2) is 5.35. The lowest BCUT2D eigenvalue weighted by molar-refractivity contribution is -0.169. The molecule has 0 N–H and O–H groups in total. The van der Waals surface area contributed by atoms with Crippen molar-refractivity contribution in [2.75, 3.05) is 7.11 Å². The first-order chi connectivity index (χ1) is 9.49. The summed E-state index contributed by atoms with van der Waals surface area (Å²) < 4.78 is 4.91. The quantitative estimate of drug-likeness (QED) is 0.450. The van der Waals surface area contributed by atoms with Gasteiger partial charge in [0.1, 0.15) is 5.41 Å². The summed E-state index contributed by atoms with van der Waals surface area (Å²) in [6.07, 6.45) is 7.90.